The van der Waals surface area contributed by atoms with Crippen LogP contribution in [-0.4, -0.2) is 31.4 Å². The smallest absolute Gasteiger partial charge is 0.258 e. The Morgan fingerprint density at radius 1 is 1.25 bits per heavy atom. The van der Waals surface area contributed by atoms with Crippen molar-refractivity contribution < 1.29 is 4.79 Å². The molecule has 0 aliphatic heterocycles. The highest BCUT2D eigenvalue weighted by atomic mass is 32.2. The van der Waals surface area contributed by atoms with Gasteiger partial charge < -0.3 is 0 Å². The maximum absolute atomic E-state index is 12.5. The molecule has 3 aromatic rings. The van der Waals surface area contributed by atoms with Crippen LogP contribution in [0, 0.1) is 12.8 Å². The molecule has 1 N–H and O–H groups in total. The molecule has 0 atom stereocenters. The Balaban J connectivity index is 1.71. The monoisotopic (exact) mass is 415 g/mol. The Morgan fingerprint density at radius 3 is 2.71 bits per heavy atom. The van der Waals surface area contributed by atoms with Crippen molar-refractivity contribution in [3.63, 3.8) is 0 Å². The van der Waals surface area contributed by atoms with E-state index in [4.69, 9.17) is 0 Å². The molecule has 2 aromatic heterocycles. The molecule has 0 aliphatic rings. The molecular formula is C19H21N5O2S2. The van der Waals surface area contributed by atoms with Crippen molar-refractivity contribution >= 4 is 34.1 Å². The second-order valence-electron chi connectivity index (χ2n) is 6.63. The average Bonchev–Trinajstić information content (AvgIpc) is 3.06. The van der Waals surface area contributed by atoms with Gasteiger partial charge in [0, 0.05) is 18.2 Å². The first kappa shape index (κ1) is 20.2. The number of rotatable bonds is 7. The Kier molecular flexibility index (Phi) is 6.58. The van der Waals surface area contributed by atoms with Gasteiger partial charge in [-0.05, 0) is 25.0 Å². The summed E-state index contributed by atoms with van der Waals surface area (Å²) in [7, 11) is 0. The van der Waals surface area contributed by atoms with Crippen molar-refractivity contribution in [1.29, 1.82) is 0 Å². The van der Waals surface area contributed by atoms with Crippen LogP contribution in [0.1, 0.15) is 24.5 Å². The Bertz CT molecular complexity index is 1010. The van der Waals surface area contributed by atoms with Gasteiger partial charge >= 0.3 is 0 Å². The Hall–Kier alpha value is -2.52. The molecular weight excluding hydrogens is 394 g/mol. The molecule has 0 bridgehead atoms. The van der Waals surface area contributed by atoms with Crippen molar-refractivity contribution in [3.05, 3.63) is 57.5 Å². The molecule has 3 rings (SSSR count). The highest BCUT2D eigenvalue weighted by Crippen LogP contribution is 2.21. The van der Waals surface area contributed by atoms with E-state index in [1.807, 2.05) is 30.3 Å². The summed E-state index contributed by atoms with van der Waals surface area (Å²) in [6, 6.07) is 10.7. The number of aryl methyl sites for hydroxylation is 1. The fraction of sp³-hybridized carbons (Fsp3) is 0.316. The van der Waals surface area contributed by atoms with Crippen molar-refractivity contribution in [3.8, 4) is 5.69 Å². The summed E-state index contributed by atoms with van der Waals surface area (Å²) >= 11 is 2.59. The number of nitrogens with one attached hydrogen (secondary N) is 1. The first-order chi connectivity index (χ1) is 13.4. The first-order valence-corrected chi connectivity index (χ1v) is 10.6. The zero-order valence-electron chi connectivity index (χ0n) is 15.9. The van der Waals surface area contributed by atoms with Crippen LogP contribution < -0.4 is 10.9 Å². The molecule has 0 radical (unpaired) electrons. The molecule has 28 heavy (non-hydrogen) atoms. The molecule has 0 unspecified atom stereocenters. The molecule has 2 heterocycles. The van der Waals surface area contributed by atoms with Gasteiger partial charge in [-0.25, -0.2) is 4.98 Å². The number of amides is 1. The zero-order chi connectivity index (χ0) is 20.1. The molecule has 0 fully saturated rings. The molecule has 0 spiro atoms. The number of aromatic nitrogens is 4. The number of nitrogens with zero attached hydrogens (tertiary/aromatic N) is 4. The number of anilines is 1. The van der Waals surface area contributed by atoms with Crippen molar-refractivity contribution in [2.75, 3.05) is 11.1 Å². The summed E-state index contributed by atoms with van der Waals surface area (Å²) in [6.45, 7) is 5.98. The minimum atomic E-state index is -0.215. The van der Waals surface area contributed by atoms with E-state index >= 15 is 0 Å². The third-order valence-corrected chi connectivity index (χ3v) is 5.46. The van der Waals surface area contributed by atoms with E-state index < -0.39 is 0 Å². The van der Waals surface area contributed by atoms with E-state index in [1.54, 1.807) is 6.92 Å². The normalized spacial score (nSPS) is 11.0. The van der Waals surface area contributed by atoms with E-state index in [0.29, 0.717) is 27.6 Å². The third kappa shape index (κ3) is 5.26. The zero-order valence-corrected chi connectivity index (χ0v) is 17.5. The van der Waals surface area contributed by atoms with Crippen LogP contribution in [0.2, 0.25) is 0 Å². The maximum atomic E-state index is 12.5. The second kappa shape index (κ2) is 9.11. The quantitative estimate of drug-likeness (QED) is 0.470. The summed E-state index contributed by atoms with van der Waals surface area (Å²) < 4.78 is 1.51. The minimum absolute atomic E-state index is 0.113. The summed E-state index contributed by atoms with van der Waals surface area (Å²) in [4.78, 5) is 29.3. The highest BCUT2D eigenvalue weighted by Gasteiger charge is 2.14. The standard InChI is InChI=1S/C19H21N5O2S2/c1-12(2)9-16-22-23-18(28-16)21-15(25)11-27-19-20-13(3)10-17(26)24(19)14-7-5-4-6-8-14/h4-8,10,12H,9,11H2,1-3H3,(H,21,23,25). The van der Waals surface area contributed by atoms with E-state index in [0.717, 1.165) is 11.4 Å². The number of benzene rings is 1. The van der Waals surface area contributed by atoms with Crippen molar-refractivity contribution in [2.45, 2.75) is 32.3 Å². The lowest BCUT2D eigenvalue weighted by atomic mass is 10.1. The van der Waals surface area contributed by atoms with Gasteiger partial charge in [-0.15, -0.1) is 10.2 Å². The predicted octanol–water partition coefficient (Wildman–Crippen LogP) is 3.32. The molecule has 1 aromatic carbocycles. The fourth-order valence-corrected chi connectivity index (χ4v) is 4.34. The third-order valence-electron chi connectivity index (χ3n) is 3.66. The summed E-state index contributed by atoms with van der Waals surface area (Å²) in [6.07, 6.45) is 0.832. The van der Waals surface area contributed by atoms with Crippen LogP contribution in [0.25, 0.3) is 5.69 Å². The van der Waals surface area contributed by atoms with Crippen LogP contribution in [-0.2, 0) is 11.2 Å². The van der Waals surface area contributed by atoms with Crippen LogP contribution in [0.15, 0.2) is 46.3 Å². The van der Waals surface area contributed by atoms with Crippen molar-refractivity contribution in [1.82, 2.24) is 19.7 Å². The molecule has 0 saturated carbocycles. The predicted molar refractivity (Wildman–Crippen MR) is 112 cm³/mol. The van der Waals surface area contributed by atoms with E-state index in [1.165, 1.54) is 33.7 Å². The average molecular weight is 416 g/mol. The van der Waals surface area contributed by atoms with Gasteiger partial charge in [0.2, 0.25) is 11.0 Å². The van der Waals surface area contributed by atoms with Crippen LogP contribution in [0.3, 0.4) is 0 Å². The van der Waals surface area contributed by atoms with Crippen molar-refractivity contribution in [2.24, 2.45) is 5.92 Å². The van der Waals surface area contributed by atoms with Gasteiger partial charge in [-0.2, -0.15) is 0 Å². The molecule has 1 amide bonds. The number of carbonyl (C=O) groups is 1. The minimum Gasteiger partial charge on any atom is -0.300 e. The van der Waals surface area contributed by atoms with E-state index in [2.05, 4.69) is 34.3 Å². The molecule has 146 valence electrons. The lowest BCUT2D eigenvalue weighted by molar-refractivity contribution is -0.113. The fourth-order valence-electron chi connectivity index (χ4n) is 2.50. The second-order valence-corrected chi connectivity index (χ2v) is 8.63. The first-order valence-electron chi connectivity index (χ1n) is 8.83. The topological polar surface area (TPSA) is 89.8 Å². The number of thioether (sulfide) groups is 1. The summed E-state index contributed by atoms with van der Waals surface area (Å²) in [5.74, 6) is 0.378. The van der Waals surface area contributed by atoms with Gasteiger partial charge in [0.15, 0.2) is 5.16 Å². The Labute approximate surface area is 171 Å². The number of carbonyl (C=O) groups excluding carboxylic acids is 1. The maximum Gasteiger partial charge on any atom is 0.258 e. The largest absolute Gasteiger partial charge is 0.300 e. The number of para-hydroxylation sites is 1. The molecule has 0 aliphatic carbocycles. The number of hydrogen-bond acceptors (Lipinski definition) is 7. The van der Waals surface area contributed by atoms with Gasteiger partial charge in [0.25, 0.3) is 5.56 Å². The van der Waals surface area contributed by atoms with Gasteiger partial charge in [-0.1, -0.05) is 55.1 Å². The highest BCUT2D eigenvalue weighted by molar-refractivity contribution is 7.99. The summed E-state index contributed by atoms with van der Waals surface area (Å²) in [5, 5.41) is 12.7. The van der Waals surface area contributed by atoms with E-state index in [-0.39, 0.29) is 17.2 Å². The van der Waals surface area contributed by atoms with Gasteiger partial charge in [-0.3, -0.25) is 19.5 Å². The van der Waals surface area contributed by atoms with E-state index in [9.17, 15) is 9.59 Å². The Morgan fingerprint density at radius 2 is 2.00 bits per heavy atom. The molecule has 0 saturated heterocycles. The van der Waals surface area contributed by atoms with Crippen LogP contribution in [0.4, 0.5) is 5.13 Å². The lowest BCUT2D eigenvalue weighted by Gasteiger charge is -2.11. The lowest BCUT2D eigenvalue weighted by Crippen LogP contribution is -2.22. The number of hydrogen-bond donors (Lipinski definition) is 1. The van der Waals surface area contributed by atoms with Gasteiger partial charge in [0.1, 0.15) is 5.01 Å². The van der Waals surface area contributed by atoms with Gasteiger partial charge in [0.05, 0.1) is 11.4 Å². The van der Waals surface area contributed by atoms with Crippen LogP contribution >= 0.6 is 23.1 Å². The molecule has 9 heteroatoms. The van der Waals surface area contributed by atoms with Crippen LogP contribution in [0.5, 0.6) is 0 Å². The summed E-state index contributed by atoms with van der Waals surface area (Å²) in [5.41, 5.74) is 1.15. The SMILES string of the molecule is Cc1cc(=O)n(-c2ccccc2)c(SCC(=O)Nc2nnc(CC(C)C)s2)n1. The molecule has 7 nitrogen and oxygen atoms in total.